The van der Waals surface area contributed by atoms with Gasteiger partial charge in [0, 0.05) is 18.4 Å². The van der Waals surface area contributed by atoms with Crippen molar-refractivity contribution in [2.45, 2.75) is 25.2 Å². The molecule has 0 aliphatic carbocycles. The summed E-state index contributed by atoms with van der Waals surface area (Å²) in [6, 6.07) is 14.6. The minimum absolute atomic E-state index is 0.109. The zero-order valence-corrected chi connectivity index (χ0v) is 16.6. The maximum absolute atomic E-state index is 11.3. The van der Waals surface area contributed by atoms with Crippen LogP contribution in [0.2, 0.25) is 0 Å². The standard InChI is InChI=1S/C20H23N5O2S/c1-14-11-15(2)13-17(12-14)24-19-8-10-23-20(25-19)22-9-7-16-3-5-18(6-4-16)28(21,26)27/h3-6,8,10-13H,7,9H2,1-2H3,(H2,21,26,27)(H2,22,23,24,25). The van der Waals surface area contributed by atoms with Crippen LogP contribution in [0.5, 0.6) is 0 Å². The van der Waals surface area contributed by atoms with Gasteiger partial charge in [0.25, 0.3) is 0 Å². The zero-order chi connectivity index (χ0) is 20.1. The number of nitrogens with zero attached hydrogens (tertiary/aromatic N) is 2. The molecule has 2 aromatic carbocycles. The number of aryl methyl sites for hydroxylation is 2. The molecule has 3 aromatic rings. The first-order chi connectivity index (χ1) is 13.3. The van der Waals surface area contributed by atoms with Crippen LogP contribution >= 0.6 is 0 Å². The maximum Gasteiger partial charge on any atom is 0.238 e. The summed E-state index contributed by atoms with van der Waals surface area (Å²) in [4.78, 5) is 8.82. The van der Waals surface area contributed by atoms with Gasteiger partial charge >= 0.3 is 0 Å². The van der Waals surface area contributed by atoms with E-state index in [0.29, 0.717) is 24.7 Å². The highest BCUT2D eigenvalue weighted by Crippen LogP contribution is 2.18. The average molecular weight is 398 g/mol. The van der Waals surface area contributed by atoms with Crippen LogP contribution in [0.25, 0.3) is 0 Å². The Kier molecular flexibility index (Phi) is 5.91. The Labute approximate surface area is 165 Å². The van der Waals surface area contributed by atoms with Crippen LogP contribution in [0.15, 0.2) is 59.6 Å². The summed E-state index contributed by atoms with van der Waals surface area (Å²) in [6.07, 6.45) is 2.39. The van der Waals surface area contributed by atoms with Gasteiger partial charge in [-0.25, -0.2) is 18.5 Å². The molecule has 0 spiro atoms. The molecule has 1 heterocycles. The molecule has 4 N–H and O–H groups in total. The number of rotatable bonds is 7. The van der Waals surface area contributed by atoms with Crippen molar-refractivity contribution in [3.8, 4) is 0 Å². The van der Waals surface area contributed by atoms with Gasteiger partial charge in [0.2, 0.25) is 16.0 Å². The lowest BCUT2D eigenvalue weighted by Crippen LogP contribution is -2.12. The lowest BCUT2D eigenvalue weighted by molar-refractivity contribution is 0.598. The van der Waals surface area contributed by atoms with E-state index in [-0.39, 0.29) is 4.90 Å². The number of benzene rings is 2. The van der Waals surface area contributed by atoms with Crippen molar-refractivity contribution in [1.82, 2.24) is 9.97 Å². The molecule has 0 atom stereocenters. The molecule has 0 aliphatic heterocycles. The van der Waals surface area contributed by atoms with Crippen LogP contribution < -0.4 is 15.8 Å². The van der Waals surface area contributed by atoms with Crippen LogP contribution in [0, 0.1) is 13.8 Å². The Morgan fingerprint density at radius 3 is 2.32 bits per heavy atom. The van der Waals surface area contributed by atoms with E-state index >= 15 is 0 Å². The van der Waals surface area contributed by atoms with E-state index in [2.05, 4.69) is 52.6 Å². The quantitative estimate of drug-likeness (QED) is 0.565. The van der Waals surface area contributed by atoms with Crippen molar-refractivity contribution < 1.29 is 8.42 Å². The molecule has 0 bridgehead atoms. The number of sulfonamides is 1. The lowest BCUT2D eigenvalue weighted by atomic mass is 10.1. The van der Waals surface area contributed by atoms with Gasteiger partial charge < -0.3 is 10.6 Å². The van der Waals surface area contributed by atoms with Gasteiger partial charge in [0.1, 0.15) is 5.82 Å². The predicted octanol–water partition coefficient (Wildman–Crippen LogP) is 3.14. The highest BCUT2D eigenvalue weighted by molar-refractivity contribution is 7.89. The third-order valence-corrected chi connectivity index (χ3v) is 5.03. The van der Waals surface area contributed by atoms with E-state index in [1.165, 1.54) is 23.3 Å². The number of anilines is 3. The van der Waals surface area contributed by atoms with Crippen LogP contribution in [-0.2, 0) is 16.4 Å². The van der Waals surface area contributed by atoms with Crippen molar-refractivity contribution in [2.75, 3.05) is 17.2 Å². The normalized spacial score (nSPS) is 11.2. The Hall–Kier alpha value is -2.97. The fourth-order valence-corrected chi connectivity index (χ4v) is 3.39. The lowest BCUT2D eigenvalue weighted by Gasteiger charge is -2.10. The molecule has 7 nitrogen and oxygen atoms in total. The van der Waals surface area contributed by atoms with Crippen LogP contribution in [0.4, 0.5) is 17.5 Å². The minimum atomic E-state index is -3.66. The average Bonchev–Trinajstić information content (AvgIpc) is 2.61. The van der Waals surface area contributed by atoms with Gasteiger partial charge in [-0.05, 0) is 67.3 Å². The SMILES string of the molecule is Cc1cc(C)cc(Nc2ccnc(NCCc3ccc(S(N)(=O)=O)cc3)n2)c1. The van der Waals surface area contributed by atoms with E-state index < -0.39 is 10.0 Å². The Morgan fingerprint density at radius 1 is 1.00 bits per heavy atom. The van der Waals surface area contributed by atoms with Crippen LogP contribution in [0.3, 0.4) is 0 Å². The highest BCUT2D eigenvalue weighted by atomic mass is 32.2. The Morgan fingerprint density at radius 2 is 1.68 bits per heavy atom. The van der Waals surface area contributed by atoms with E-state index in [0.717, 1.165) is 11.3 Å². The highest BCUT2D eigenvalue weighted by Gasteiger charge is 2.07. The second kappa shape index (κ2) is 8.37. The summed E-state index contributed by atoms with van der Waals surface area (Å²) in [5.41, 5.74) is 4.34. The zero-order valence-electron chi connectivity index (χ0n) is 15.8. The summed E-state index contributed by atoms with van der Waals surface area (Å²) in [7, 11) is -3.66. The number of nitrogens with one attached hydrogen (secondary N) is 2. The molecule has 8 heteroatoms. The van der Waals surface area contributed by atoms with Gasteiger partial charge in [-0.1, -0.05) is 18.2 Å². The molecule has 0 amide bonds. The van der Waals surface area contributed by atoms with Crippen molar-refractivity contribution >= 4 is 27.5 Å². The number of hydrogen-bond donors (Lipinski definition) is 3. The summed E-state index contributed by atoms with van der Waals surface area (Å²) in [5, 5.41) is 11.6. The molecule has 0 radical (unpaired) electrons. The molecule has 28 heavy (non-hydrogen) atoms. The third-order valence-electron chi connectivity index (χ3n) is 4.10. The molecule has 0 aliphatic rings. The molecule has 0 fully saturated rings. The van der Waals surface area contributed by atoms with Gasteiger partial charge in [-0.15, -0.1) is 0 Å². The third kappa shape index (κ3) is 5.51. The molecule has 146 valence electrons. The summed E-state index contributed by atoms with van der Waals surface area (Å²) in [6.45, 7) is 4.73. The molecule has 0 saturated heterocycles. The molecule has 0 saturated carbocycles. The van der Waals surface area contributed by atoms with Gasteiger partial charge in [0.05, 0.1) is 4.90 Å². The van der Waals surface area contributed by atoms with Gasteiger partial charge in [-0.3, -0.25) is 0 Å². The first kappa shape index (κ1) is 19.8. The monoisotopic (exact) mass is 397 g/mol. The second-order valence-corrected chi connectivity index (χ2v) is 8.19. The van der Waals surface area contributed by atoms with Crippen molar-refractivity contribution in [1.29, 1.82) is 0 Å². The number of primary sulfonamides is 1. The fourth-order valence-electron chi connectivity index (χ4n) is 2.87. The van der Waals surface area contributed by atoms with E-state index in [4.69, 9.17) is 5.14 Å². The molecule has 3 rings (SSSR count). The van der Waals surface area contributed by atoms with Crippen molar-refractivity contribution in [3.63, 3.8) is 0 Å². The summed E-state index contributed by atoms with van der Waals surface area (Å²) < 4.78 is 22.6. The van der Waals surface area contributed by atoms with Crippen molar-refractivity contribution in [2.24, 2.45) is 5.14 Å². The number of hydrogen-bond acceptors (Lipinski definition) is 6. The minimum Gasteiger partial charge on any atom is -0.354 e. The first-order valence-electron chi connectivity index (χ1n) is 8.83. The molecule has 0 unspecified atom stereocenters. The smallest absolute Gasteiger partial charge is 0.238 e. The van der Waals surface area contributed by atoms with Crippen LogP contribution in [-0.4, -0.2) is 24.9 Å². The maximum atomic E-state index is 11.3. The second-order valence-electron chi connectivity index (χ2n) is 6.63. The molecular formula is C20H23N5O2S. The number of aromatic nitrogens is 2. The van der Waals surface area contributed by atoms with Crippen LogP contribution in [0.1, 0.15) is 16.7 Å². The van der Waals surface area contributed by atoms with Crippen molar-refractivity contribution in [3.05, 3.63) is 71.4 Å². The predicted molar refractivity (Wildman–Crippen MR) is 111 cm³/mol. The summed E-state index contributed by atoms with van der Waals surface area (Å²) in [5.74, 6) is 1.23. The summed E-state index contributed by atoms with van der Waals surface area (Å²) >= 11 is 0. The number of nitrogens with two attached hydrogens (primary N) is 1. The topological polar surface area (TPSA) is 110 Å². The van der Waals surface area contributed by atoms with Gasteiger partial charge in [-0.2, -0.15) is 4.98 Å². The molecule has 1 aromatic heterocycles. The fraction of sp³-hybridized carbons (Fsp3) is 0.200. The Balaban J connectivity index is 1.59. The Bertz CT molecular complexity index is 1050. The van der Waals surface area contributed by atoms with E-state index in [1.807, 2.05) is 6.07 Å². The van der Waals surface area contributed by atoms with E-state index in [9.17, 15) is 8.42 Å². The first-order valence-corrected chi connectivity index (χ1v) is 10.4. The largest absolute Gasteiger partial charge is 0.354 e. The molecular weight excluding hydrogens is 374 g/mol. The van der Waals surface area contributed by atoms with E-state index in [1.54, 1.807) is 18.3 Å². The van der Waals surface area contributed by atoms with Gasteiger partial charge in [0.15, 0.2) is 0 Å².